The van der Waals surface area contributed by atoms with Crippen LogP contribution in [-0.2, 0) is 0 Å². The monoisotopic (exact) mass is 690 g/mol. The van der Waals surface area contributed by atoms with Crippen LogP contribution in [0.1, 0.15) is 7.43 Å². The van der Waals surface area contributed by atoms with Gasteiger partial charge in [-0.1, -0.05) is 90.1 Å². The molecule has 8 heteroatoms. The van der Waals surface area contributed by atoms with Crippen LogP contribution in [0, 0.1) is 0 Å². The molecule has 0 amide bonds. The largest absolute Gasteiger partial charge is 0.488 e. The SMILES string of the molecule is C.Nc1ccc(-c2ccc3sc4ccccc4c3c2)cc1.Nc1ccc(Br)cc1.OB(O)c1ccc2sc3ccccc3c2c1. The van der Waals surface area contributed by atoms with Gasteiger partial charge in [-0.2, -0.15) is 0 Å². The van der Waals surface area contributed by atoms with Crippen molar-refractivity contribution in [1.29, 1.82) is 0 Å². The number of nitrogen functional groups attached to an aromatic ring is 2. The molecule has 0 atom stereocenters. The summed E-state index contributed by atoms with van der Waals surface area (Å²) >= 11 is 6.86. The van der Waals surface area contributed by atoms with Crippen molar-refractivity contribution >= 4 is 103 Å². The van der Waals surface area contributed by atoms with Crippen molar-refractivity contribution < 1.29 is 10.0 Å². The molecule has 0 radical (unpaired) electrons. The van der Waals surface area contributed by atoms with Crippen molar-refractivity contribution in [2.75, 3.05) is 11.5 Å². The lowest BCUT2D eigenvalue weighted by Gasteiger charge is -2.03. The number of thiophene rings is 2. The van der Waals surface area contributed by atoms with Gasteiger partial charge in [0.05, 0.1) is 0 Å². The van der Waals surface area contributed by atoms with Gasteiger partial charge in [0.2, 0.25) is 0 Å². The maximum Gasteiger partial charge on any atom is 0.488 e. The Balaban J connectivity index is 0.000000143. The molecule has 0 aliphatic rings. The number of rotatable bonds is 2. The minimum Gasteiger partial charge on any atom is -0.423 e. The maximum absolute atomic E-state index is 9.15. The lowest BCUT2D eigenvalue weighted by atomic mass is 9.80. The van der Waals surface area contributed by atoms with Crippen molar-refractivity contribution in [2.24, 2.45) is 0 Å². The molecule has 4 nitrogen and oxygen atoms in total. The van der Waals surface area contributed by atoms with E-state index in [2.05, 4.69) is 82.7 Å². The minimum atomic E-state index is -1.40. The molecule has 224 valence electrons. The molecule has 0 unspecified atom stereocenters. The normalized spacial score (nSPS) is 10.6. The highest BCUT2D eigenvalue weighted by molar-refractivity contribution is 9.10. The zero-order valence-corrected chi connectivity index (χ0v) is 26.7. The number of fused-ring (bicyclic) bond motifs is 6. The third kappa shape index (κ3) is 7.39. The third-order valence-corrected chi connectivity index (χ3v) is 10.0. The van der Waals surface area contributed by atoms with Gasteiger partial charge in [0, 0.05) is 50.8 Å². The molecule has 2 heterocycles. The number of hydrogen-bond donors (Lipinski definition) is 4. The predicted molar refractivity (Wildman–Crippen MR) is 204 cm³/mol. The fraction of sp³-hybridized carbons (Fsp3) is 0.0270. The quantitative estimate of drug-likeness (QED) is 0.107. The average molecular weight is 692 g/mol. The summed E-state index contributed by atoms with van der Waals surface area (Å²) in [4.78, 5) is 0. The van der Waals surface area contributed by atoms with Gasteiger partial charge in [0.25, 0.3) is 0 Å². The molecule has 45 heavy (non-hydrogen) atoms. The summed E-state index contributed by atoms with van der Waals surface area (Å²) in [7, 11) is -1.40. The molecular weight excluding hydrogens is 659 g/mol. The molecule has 2 aromatic heterocycles. The first kappa shape index (κ1) is 32.2. The average Bonchev–Trinajstić information content (AvgIpc) is 3.61. The highest BCUT2D eigenvalue weighted by atomic mass is 79.9. The zero-order chi connectivity index (χ0) is 30.6. The summed E-state index contributed by atoms with van der Waals surface area (Å²) in [6.07, 6.45) is 0. The second kappa shape index (κ2) is 14.3. The number of benzene rings is 6. The number of halogens is 1. The summed E-state index contributed by atoms with van der Waals surface area (Å²) in [6, 6.07) is 44.5. The molecule has 0 saturated heterocycles. The van der Waals surface area contributed by atoms with Gasteiger partial charge >= 0.3 is 7.12 Å². The van der Waals surface area contributed by atoms with Gasteiger partial charge in [0.15, 0.2) is 0 Å². The lowest BCUT2D eigenvalue weighted by Crippen LogP contribution is -2.29. The highest BCUT2D eigenvalue weighted by Gasteiger charge is 2.13. The molecule has 6 N–H and O–H groups in total. The van der Waals surface area contributed by atoms with Gasteiger partial charge in [-0.05, 0) is 88.7 Å². The Labute approximate surface area is 279 Å². The first-order chi connectivity index (χ1) is 21.4. The fourth-order valence-corrected chi connectivity index (χ4v) is 7.39. The molecule has 8 rings (SSSR count). The van der Waals surface area contributed by atoms with Gasteiger partial charge < -0.3 is 21.5 Å². The molecule has 6 aromatic carbocycles. The van der Waals surface area contributed by atoms with Crippen LogP contribution in [0.4, 0.5) is 11.4 Å². The molecule has 0 bridgehead atoms. The Morgan fingerprint density at radius 3 is 1.47 bits per heavy atom. The first-order valence-electron chi connectivity index (χ1n) is 13.9. The van der Waals surface area contributed by atoms with Crippen molar-refractivity contribution in [2.45, 2.75) is 7.43 Å². The lowest BCUT2D eigenvalue weighted by molar-refractivity contribution is 0.426. The Kier molecular flexibility index (Phi) is 10.2. The van der Waals surface area contributed by atoms with Crippen LogP contribution in [0.3, 0.4) is 0 Å². The van der Waals surface area contributed by atoms with Gasteiger partial charge in [-0.15, -0.1) is 22.7 Å². The van der Waals surface area contributed by atoms with Gasteiger partial charge in [-0.25, -0.2) is 0 Å². The van der Waals surface area contributed by atoms with E-state index in [1.165, 1.54) is 46.1 Å². The predicted octanol–water partition coefficient (Wildman–Crippen LogP) is 9.71. The van der Waals surface area contributed by atoms with Crippen LogP contribution in [0.25, 0.3) is 51.5 Å². The molecule has 0 saturated carbocycles. The Morgan fingerprint density at radius 1 is 0.489 bits per heavy atom. The topological polar surface area (TPSA) is 92.5 Å². The van der Waals surface area contributed by atoms with E-state index in [9.17, 15) is 0 Å². The Bertz CT molecular complexity index is 2170. The Morgan fingerprint density at radius 2 is 0.933 bits per heavy atom. The summed E-state index contributed by atoms with van der Waals surface area (Å²) < 4.78 is 6.14. The van der Waals surface area contributed by atoms with Crippen molar-refractivity contribution in [1.82, 2.24) is 0 Å². The third-order valence-electron chi connectivity index (χ3n) is 7.19. The van der Waals surface area contributed by atoms with Crippen molar-refractivity contribution in [3.8, 4) is 11.1 Å². The summed E-state index contributed by atoms with van der Waals surface area (Å²) in [5.41, 5.74) is 15.7. The van der Waals surface area contributed by atoms with E-state index in [-0.39, 0.29) is 7.43 Å². The van der Waals surface area contributed by atoms with Crippen molar-refractivity contribution in [3.63, 3.8) is 0 Å². The minimum absolute atomic E-state index is 0. The van der Waals surface area contributed by atoms with Crippen LogP contribution in [0.5, 0.6) is 0 Å². The van der Waals surface area contributed by atoms with E-state index in [0.717, 1.165) is 21.2 Å². The molecule has 0 aliphatic carbocycles. The van der Waals surface area contributed by atoms with E-state index in [4.69, 9.17) is 21.5 Å². The van der Waals surface area contributed by atoms with Crippen LogP contribution in [-0.4, -0.2) is 17.2 Å². The van der Waals surface area contributed by atoms with E-state index in [0.29, 0.717) is 5.46 Å². The number of nitrogens with two attached hydrogens (primary N) is 2. The first-order valence-corrected chi connectivity index (χ1v) is 16.3. The molecule has 8 aromatic rings. The highest BCUT2D eigenvalue weighted by Crippen LogP contribution is 2.36. The number of hydrogen-bond acceptors (Lipinski definition) is 6. The zero-order valence-electron chi connectivity index (χ0n) is 23.5. The molecule has 0 aliphatic heterocycles. The fourth-order valence-electron chi connectivity index (χ4n) is 4.95. The summed E-state index contributed by atoms with van der Waals surface area (Å²) in [5.74, 6) is 0. The van der Waals surface area contributed by atoms with Gasteiger partial charge in [-0.3, -0.25) is 0 Å². The second-order valence-electron chi connectivity index (χ2n) is 10.2. The van der Waals surface area contributed by atoms with Crippen LogP contribution in [0.2, 0.25) is 0 Å². The van der Waals surface area contributed by atoms with E-state index >= 15 is 0 Å². The standard InChI is InChI=1S/C18H13NS.C12H9BO2S.C6H6BrN.CH4/c19-14-8-5-12(6-9-14)13-7-10-18-16(11-13)15-3-1-2-4-17(15)20-18;14-13(15)8-5-6-12-10(7-8)9-3-1-2-4-11(9)16-12;7-5-1-3-6(8)4-2-5;/h1-11H,19H2;1-7,14-15H;1-4H,8H2;1H4. The van der Waals surface area contributed by atoms with Gasteiger partial charge in [0.1, 0.15) is 0 Å². The molecule has 0 fully saturated rings. The van der Waals surface area contributed by atoms with Crippen LogP contribution in [0.15, 0.2) is 138 Å². The second-order valence-corrected chi connectivity index (χ2v) is 13.3. The van der Waals surface area contributed by atoms with E-state index < -0.39 is 7.12 Å². The Hall–Kier alpha value is -4.18. The smallest absolute Gasteiger partial charge is 0.423 e. The maximum atomic E-state index is 9.15. The summed E-state index contributed by atoms with van der Waals surface area (Å²) in [6.45, 7) is 0. The summed E-state index contributed by atoms with van der Waals surface area (Å²) in [5, 5.41) is 23.2. The number of anilines is 2. The van der Waals surface area contributed by atoms with E-state index in [1.807, 2.05) is 72.0 Å². The van der Waals surface area contributed by atoms with E-state index in [1.54, 1.807) is 17.4 Å². The van der Waals surface area contributed by atoms with Crippen molar-refractivity contribution in [3.05, 3.63) is 138 Å². The van der Waals surface area contributed by atoms with Crippen LogP contribution >= 0.6 is 38.6 Å². The molecule has 0 spiro atoms. The van der Waals surface area contributed by atoms with Crippen LogP contribution < -0.4 is 16.9 Å². The molecular formula is C37H32BBrN2O2S2.